The van der Waals surface area contributed by atoms with Crippen molar-refractivity contribution in [2.45, 2.75) is 59.4 Å². The monoisotopic (exact) mass is 171 g/mol. The average molecular weight is 171 g/mol. The Kier molecular flexibility index (Phi) is 7.58. The fraction of sp³-hybridized carbons (Fsp3) is 1.00. The normalized spacial score (nSPS) is 11.5. The van der Waals surface area contributed by atoms with Crippen molar-refractivity contribution >= 4 is 0 Å². The van der Waals surface area contributed by atoms with E-state index in [-0.39, 0.29) is 0 Å². The van der Waals surface area contributed by atoms with Crippen LogP contribution in [0.1, 0.15) is 53.4 Å². The first-order valence-electron chi connectivity index (χ1n) is 5.44. The third kappa shape index (κ3) is 6.66. The molecule has 0 atom stereocenters. The molecule has 0 heterocycles. The van der Waals surface area contributed by atoms with Gasteiger partial charge >= 0.3 is 0 Å². The highest BCUT2D eigenvalue weighted by atomic mass is 14.9. The first kappa shape index (κ1) is 12.0. The summed E-state index contributed by atoms with van der Waals surface area (Å²) in [5, 5.41) is 3.57. The maximum absolute atomic E-state index is 3.57. The summed E-state index contributed by atoms with van der Waals surface area (Å²) in [4.78, 5) is 0. The summed E-state index contributed by atoms with van der Waals surface area (Å²) in [7, 11) is 0. The second-order valence-corrected chi connectivity index (χ2v) is 4.00. The van der Waals surface area contributed by atoms with E-state index in [0.29, 0.717) is 0 Å². The quantitative estimate of drug-likeness (QED) is 0.580. The van der Waals surface area contributed by atoms with E-state index in [1.807, 2.05) is 0 Å². The van der Waals surface area contributed by atoms with Gasteiger partial charge in [0.1, 0.15) is 0 Å². The molecule has 0 aromatic carbocycles. The Morgan fingerprint density at radius 2 is 1.67 bits per heavy atom. The summed E-state index contributed by atoms with van der Waals surface area (Å²) in [5.41, 5.74) is 0. The van der Waals surface area contributed by atoms with Crippen LogP contribution in [0.3, 0.4) is 0 Å². The molecule has 0 rings (SSSR count). The largest absolute Gasteiger partial charge is 0.314 e. The molecule has 0 spiro atoms. The summed E-state index contributed by atoms with van der Waals surface area (Å²) < 4.78 is 0. The van der Waals surface area contributed by atoms with Crippen molar-refractivity contribution in [2.75, 3.05) is 6.54 Å². The lowest BCUT2D eigenvalue weighted by Gasteiger charge is -2.14. The molecule has 0 bridgehead atoms. The van der Waals surface area contributed by atoms with Crippen LogP contribution in [0.4, 0.5) is 0 Å². The van der Waals surface area contributed by atoms with Gasteiger partial charge in [-0.3, -0.25) is 0 Å². The van der Waals surface area contributed by atoms with E-state index in [0.717, 1.165) is 12.0 Å². The summed E-state index contributed by atoms with van der Waals surface area (Å²) in [6, 6.07) is 0.747. The van der Waals surface area contributed by atoms with Crippen molar-refractivity contribution in [2.24, 2.45) is 5.92 Å². The molecule has 0 aromatic rings. The van der Waals surface area contributed by atoms with Crippen molar-refractivity contribution in [1.29, 1.82) is 0 Å². The van der Waals surface area contributed by atoms with Crippen LogP contribution in [0, 0.1) is 5.92 Å². The van der Waals surface area contributed by atoms with Gasteiger partial charge in [0, 0.05) is 6.04 Å². The molecule has 1 nitrogen and oxygen atoms in total. The van der Waals surface area contributed by atoms with E-state index in [1.54, 1.807) is 0 Å². The summed E-state index contributed by atoms with van der Waals surface area (Å²) in [6.45, 7) is 10.3. The Hall–Kier alpha value is -0.0400. The average Bonchev–Trinajstić information content (AvgIpc) is 2.04. The molecule has 0 unspecified atom stereocenters. The number of hydrogen-bond acceptors (Lipinski definition) is 1. The molecule has 0 aromatic heterocycles. The summed E-state index contributed by atoms with van der Waals surface area (Å²) >= 11 is 0. The second kappa shape index (κ2) is 7.60. The topological polar surface area (TPSA) is 12.0 Å². The SMILES string of the molecule is CCC(CC)NCCCC(C)C. The third-order valence-electron chi connectivity index (χ3n) is 2.38. The molecule has 0 saturated heterocycles. The smallest absolute Gasteiger partial charge is 0.00618 e. The molecule has 12 heavy (non-hydrogen) atoms. The summed E-state index contributed by atoms with van der Waals surface area (Å²) in [5.74, 6) is 0.855. The van der Waals surface area contributed by atoms with E-state index in [1.165, 1.54) is 32.2 Å². The molecule has 0 aliphatic rings. The molecular formula is C11H25N. The molecule has 1 N–H and O–H groups in total. The van der Waals surface area contributed by atoms with Gasteiger partial charge in [-0.1, -0.05) is 27.7 Å². The molecule has 1 heteroatoms. The van der Waals surface area contributed by atoms with Crippen molar-refractivity contribution in [3.8, 4) is 0 Å². The van der Waals surface area contributed by atoms with Gasteiger partial charge in [0.2, 0.25) is 0 Å². The van der Waals surface area contributed by atoms with Crippen LogP contribution in [-0.2, 0) is 0 Å². The van der Waals surface area contributed by atoms with E-state index < -0.39 is 0 Å². The molecule has 0 aliphatic heterocycles. The van der Waals surface area contributed by atoms with Crippen LogP contribution in [0.15, 0.2) is 0 Å². The molecule has 74 valence electrons. The minimum atomic E-state index is 0.747. The van der Waals surface area contributed by atoms with Gasteiger partial charge in [-0.2, -0.15) is 0 Å². The standard InChI is InChI=1S/C11H25N/c1-5-11(6-2)12-9-7-8-10(3)4/h10-12H,5-9H2,1-4H3. The van der Waals surface area contributed by atoms with E-state index >= 15 is 0 Å². The van der Waals surface area contributed by atoms with Crippen LogP contribution in [0.25, 0.3) is 0 Å². The Morgan fingerprint density at radius 1 is 1.08 bits per heavy atom. The van der Waals surface area contributed by atoms with Crippen LogP contribution in [-0.4, -0.2) is 12.6 Å². The van der Waals surface area contributed by atoms with Gasteiger partial charge < -0.3 is 5.32 Å². The molecular weight excluding hydrogens is 146 g/mol. The van der Waals surface area contributed by atoms with E-state index in [4.69, 9.17) is 0 Å². The third-order valence-corrected chi connectivity index (χ3v) is 2.38. The van der Waals surface area contributed by atoms with E-state index in [2.05, 4.69) is 33.0 Å². The van der Waals surface area contributed by atoms with Gasteiger partial charge in [0.15, 0.2) is 0 Å². The van der Waals surface area contributed by atoms with Gasteiger partial charge in [0.05, 0.1) is 0 Å². The fourth-order valence-electron chi connectivity index (χ4n) is 1.39. The molecule has 0 saturated carbocycles. The maximum atomic E-state index is 3.57. The lowest BCUT2D eigenvalue weighted by Crippen LogP contribution is -2.28. The molecule has 0 radical (unpaired) electrons. The number of hydrogen-bond donors (Lipinski definition) is 1. The van der Waals surface area contributed by atoms with Gasteiger partial charge in [-0.15, -0.1) is 0 Å². The zero-order valence-electron chi connectivity index (χ0n) is 9.19. The maximum Gasteiger partial charge on any atom is 0.00618 e. The Morgan fingerprint density at radius 3 is 2.08 bits per heavy atom. The zero-order chi connectivity index (χ0) is 9.40. The Balaban J connectivity index is 3.17. The lowest BCUT2D eigenvalue weighted by atomic mass is 10.1. The second-order valence-electron chi connectivity index (χ2n) is 4.00. The van der Waals surface area contributed by atoms with Crippen molar-refractivity contribution in [1.82, 2.24) is 5.32 Å². The van der Waals surface area contributed by atoms with Crippen LogP contribution < -0.4 is 5.32 Å². The van der Waals surface area contributed by atoms with Crippen molar-refractivity contribution < 1.29 is 0 Å². The Labute approximate surface area is 77.9 Å². The van der Waals surface area contributed by atoms with Crippen LogP contribution >= 0.6 is 0 Å². The minimum Gasteiger partial charge on any atom is -0.314 e. The van der Waals surface area contributed by atoms with Gasteiger partial charge in [0.25, 0.3) is 0 Å². The highest BCUT2D eigenvalue weighted by molar-refractivity contribution is 4.62. The van der Waals surface area contributed by atoms with Crippen LogP contribution in [0.5, 0.6) is 0 Å². The summed E-state index contributed by atoms with van der Waals surface area (Å²) in [6.07, 6.45) is 5.21. The number of rotatable bonds is 7. The van der Waals surface area contributed by atoms with E-state index in [9.17, 15) is 0 Å². The predicted octanol–water partition coefficient (Wildman–Crippen LogP) is 3.20. The molecule has 0 amide bonds. The van der Waals surface area contributed by atoms with Gasteiger partial charge in [-0.25, -0.2) is 0 Å². The molecule has 0 fully saturated rings. The first-order chi connectivity index (χ1) is 5.70. The van der Waals surface area contributed by atoms with Crippen molar-refractivity contribution in [3.05, 3.63) is 0 Å². The number of nitrogens with one attached hydrogen (secondary N) is 1. The highest BCUT2D eigenvalue weighted by Gasteiger charge is 2.00. The molecule has 0 aliphatic carbocycles. The van der Waals surface area contributed by atoms with Crippen LogP contribution in [0.2, 0.25) is 0 Å². The van der Waals surface area contributed by atoms with Gasteiger partial charge in [-0.05, 0) is 38.1 Å². The lowest BCUT2D eigenvalue weighted by molar-refractivity contribution is 0.454. The Bertz CT molecular complexity index is 85.0. The predicted molar refractivity (Wildman–Crippen MR) is 56.4 cm³/mol. The fourth-order valence-corrected chi connectivity index (χ4v) is 1.39. The zero-order valence-corrected chi connectivity index (χ0v) is 9.19. The first-order valence-corrected chi connectivity index (χ1v) is 5.44. The van der Waals surface area contributed by atoms with Crippen molar-refractivity contribution in [3.63, 3.8) is 0 Å². The minimum absolute atomic E-state index is 0.747. The highest BCUT2D eigenvalue weighted by Crippen LogP contribution is 2.03.